The maximum absolute atomic E-state index is 10.7. The van der Waals surface area contributed by atoms with Crippen LogP contribution in [0.1, 0.15) is 50.7 Å². The van der Waals surface area contributed by atoms with E-state index in [2.05, 4.69) is 12.0 Å². The van der Waals surface area contributed by atoms with E-state index in [1.807, 2.05) is 17.1 Å². The molecule has 118 valence electrons. The van der Waals surface area contributed by atoms with Gasteiger partial charge in [-0.1, -0.05) is 6.92 Å². The molecule has 21 heavy (non-hydrogen) atoms. The van der Waals surface area contributed by atoms with E-state index >= 15 is 0 Å². The molecule has 2 fully saturated rings. The Bertz CT molecular complexity index is 449. The lowest BCUT2D eigenvalue weighted by molar-refractivity contribution is -0.159. The first-order valence-corrected chi connectivity index (χ1v) is 8.14. The Morgan fingerprint density at radius 1 is 1.43 bits per heavy atom. The molecule has 1 aromatic heterocycles. The molecule has 2 aliphatic heterocycles. The van der Waals surface area contributed by atoms with E-state index < -0.39 is 6.10 Å². The molecule has 1 spiro atoms. The van der Waals surface area contributed by atoms with Crippen molar-refractivity contribution in [1.82, 2.24) is 9.78 Å². The molecule has 2 aliphatic rings. The minimum atomic E-state index is -0.431. The number of hydrogen-bond acceptors (Lipinski definition) is 4. The summed E-state index contributed by atoms with van der Waals surface area (Å²) in [6, 6.07) is 0. The van der Waals surface area contributed by atoms with Gasteiger partial charge in [-0.05, 0) is 38.0 Å². The van der Waals surface area contributed by atoms with Crippen molar-refractivity contribution in [2.45, 2.75) is 57.3 Å². The summed E-state index contributed by atoms with van der Waals surface area (Å²) in [5.74, 6) is 0.260. The molecule has 2 unspecified atom stereocenters. The van der Waals surface area contributed by atoms with Crippen molar-refractivity contribution < 1.29 is 14.6 Å². The molecule has 0 bridgehead atoms. The molecular weight excluding hydrogens is 268 g/mol. The van der Waals surface area contributed by atoms with Crippen molar-refractivity contribution in [2.75, 3.05) is 19.8 Å². The Hall–Kier alpha value is -0.910. The molecule has 3 rings (SSSR count). The van der Waals surface area contributed by atoms with Crippen LogP contribution in [0.15, 0.2) is 12.4 Å². The van der Waals surface area contributed by atoms with Gasteiger partial charge >= 0.3 is 0 Å². The van der Waals surface area contributed by atoms with Crippen molar-refractivity contribution in [3.63, 3.8) is 0 Å². The number of rotatable bonds is 4. The van der Waals surface area contributed by atoms with Gasteiger partial charge in [0.05, 0.1) is 17.9 Å². The lowest BCUT2D eigenvalue weighted by Gasteiger charge is -2.44. The molecule has 5 nitrogen and oxygen atoms in total. The maximum Gasteiger partial charge on any atom is 0.0850 e. The van der Waals surface area contributed by atoms with Crippen LogP contribution in [0.3, 0.4) is 0 Å². The SMILES string of the molecule is CCCn1cc(C(O)C2CCOC3(CCOCC3)C2)cn1. The average Bonchev–Trinajstić information content (AvgIpc) is 2.96. The third kappa shape index (κ3) is 3.30. The molecule has 0 radical (unpaired) electrons. The number of aliphatic hydroxyl groups is 1. The van der Waals surface area contributed by atoms with Crippen LogP contribution in [0.2, 0.25) is 0 Å². The number of aryl methyl sites for hydroxylation is 1. The fourth-order valence-electron chi connectivity index (χ4n) is 3.58. The Labute approximate surface area is 126 Å². The Kier molecular flexibility index (Phi) is 4.62. The van der Waals surface area contributed by atoms with Gasteiger partial charge in [0.15, 0.2) is 0 Å². The van der Waals surface area contributed by atoms with Crippen LogP contribution in [0.5, 0.6) is 0 Å². The van der Waals surface area contributed by atoms with E-state index in [4.69, 9.17) is 9.47 Å². The molecular formula is C16H26N2O3. The minimum Gasteiger partial charge on any atom is -0.388 e. The van der Waals surface area contributed by atoms with E-state index in [1.165, 1.54) is 0 Å². The second kappa shape index (κ2) is 6.46. The molecule has 2 atom stereocenters. The zero-order valence-corrected chi connectivity index (χ0v) is 12.8. The lowest BCUT2D eigenvalue weighted by atomic mass is 9.77. The number of aromatic nitrogens is 2. The first-order chi connectivity index (χ1) is 10.2. The van der Waals surface area contributed by atoms with Gasteiger partial charge in [0.1, 0.15) is 0 Å². The highest BCUT2D eigenvalue weighted by molar-refractivity contribution is 5.10. The van der Waals surface area contributed by atoms with Crippen LogP contribution in [0.25, 0.3) is 0 Å². The zero-order chi connectivity index (χ0) is 14.7. The second-order valence-electron chi connectivity index (χ2n) is 6.38. The standard InChI is InChI=1S/C16H26N2O3/c1-2-6-18-12-14(11-17-18)15(19)13-3-7-21-16(10-13)4-8-20-9-5-16/h11-13,15,19H,2-10H2,1H3. The highest BCUT2D eigenvalue weighted by atomic mass is 16.5. The highest BCUT2D eigenvalue weighted by Gasteiger charge is 2.41. The third-order valence-corrected chi connectivity index (χ3v) is 4.83. The van der Waals surface area contributed by atoms with Crippen LogP contribution in [0, 0.1) is 5.92 Å². The first kappa shape index (κ1) is 15.0. The van der Waals surface area contributed by atoms with Crippen molar-refractivity contribution in [1.29, 1.82) is 0 Å². The number of nitrogens with zero attached hydrogens (tertiary/aromatic N) is 2. The van der Waals surface area contributed by atoms with Gasteiger partial charge in [-0.2, -0.15) is 5.10 Å². The summed E-state index contributed by atoms with van der Waals surface area (Å²) in [7, 11) is 0. The topological polar surface area (TPSA) is 56.5 Å². The smallest absolute Gasteiger partial charge is 0.0850 e. The Morgan fingerprint density at radius 2 is 2.24 bits per heavy atom. The van der Waals surface area contributed by atoms with Crippen molar-refractivity contribution in [2.24, 2.45) is 5.92 Å². The van der Waals surface area contributed by atoms with E-state index in [0.717, 1.165) is 64.0 Å². The van der Waals surface area contributed by atoms with E-state index in [9.17, 15) is 5.11 Å². The molecule has 0 saturated carbocycles. The summed E-state index contributed by atoms with van der Waals surface area (Å²) in [4.78, 5) is 0. The lowest BCUT2D eigenvalue weighted by Crippen LogP contribution is -2.45. The third-order valence-electron chi connectivity index (χ3n) is 4.83. The predicted molar refractivity (Wildman–Crippen MR) is 78.9 cm³/mol. The largest absolute Gasteiger partial charge is 0.388 e. The second-order valence-corrected chi connectivity index (χ2v) is 6.38. The van der Waals surface area contributed by atoms with E-state index in [-0.39, 0.29) is 11.5 Å². The molecule has 1 aromatic rings. The van der Waals surface area contributed by atoms with Crippen molar-refractivity contribution in [3.8, 4) is 0 Å². The van der Waals surface area contributed by atoms with Gasteiger partial charge in [-0.25, -0.2) is 0 Å². The van der Waals surface area contributed by atoms with E-state index in [1.54, 1.807) is 0 Å². The van der Waals surface area contributed by atoms with Gasteiger partial charge < -0.3 is 14.6 Å². The molecule has 2 saturated heterocycles. The first-order valence-electron chi connectivity index (χ1n) is 8.14. The van der Waals surface area contributed by atoms with Gasteiger partial charge in [0.25, 0.3) is 0 Å². The molecule has 0 aromatic carbocycles. The molecule has 0 amide bonds. The fourth-order valence-corrected chi connectivity index (χ4v) is 3.58. The van der Waals surface area contributed by atoms with Crippen LogP contribution < -0.4 is 0 Å². The van der Waals surface area contributed by atoms with Gasteiger partial charge in [-0.15, -0.1) is 0 Å². The average molecular weight is 294 g/mol. The van der Waals surface area contributed by atoms with Crippen LogP contribution in [-0.2, 0) is 16.0 Å². The number of hydrogen-bond donors (Lipinski definition) is 1. The zero-order valence-electron chi connectivity index (χ0n) is 12.8. The summed E-state index contributed by atoms with van der Waals surface area (Å²) < 4.78 is 13.4. The fraction of sp³-hybridized carbons (Fsp3) is 0.812. The Balaban J connectivity index is 1.66. The molecule has 5 heteroatoms. The maximum atomic E-state index is 10.7. The number of aliphatic hydroxyl groups excluding tert-OH is 1. The monoisotopic (exact) mass is 294 g/mol. The summed E-state index contributed by atoms with van der Waals surface area (Å²) >= 11 is 0. The molecule has 3 heterocycles. The Morgan fingerprint density at radius 3 is 3.00 bits per heavy atom. The highest BCUT2D eigenvalue weighted by Crippen LogP contribution is 2.41. The summed E-state index contributed by atoms with van der Waals surface area (Å²) in [6.45, 7) is 5.33. The van der Waals surface area contributed by atoms with Crippen LogP contribution in [0.4, 0.5) is 0 Å². The molecule has 1 N–H and O–H groups in total. The number of ether oxygens (including phenoxy) is 2. The summed E-state index contributed by atoms with van der Waals surface area (Å²) in [6.07, 6.45) is 8.17. The van der Waals surface area contributed by atoms with Crippen LogP contribution >= 0.6 is 0 Å². The molecule has 0 aliphatic carbocycles. The van der Waals surface area contributed by atoms with Gasteiger partial charge in [-0.3, -0.25) is 4.68 Å². The quantitative estimate of drug-likeness (QED) is 0.926. The summed E-state index contributed by atoms with van der Waals surface area (Å²) in [5.41, 5.74) is 0.874. The van der Waals surface area contributed by atoms with E-state index in [0.29, 0.717) is 0 Å². The van der Waals surface area contributed by atoms with Crippen molar-refractivity contribution >= 4 is 0 Å². The minimum absolute atomic E-state index is 0.0679. The normalized spacial score (nSPS) is 26.9. The van der Waals surface area contributed by atoms with Crippen LogP contribution in [-0.4, -0.2) is 40.3 Å². The van der Waals surface area contributed by atoms with Gasteiger partial charge in [0.2, 0.25) is 0 Å². The predicted octanol–water partition coefficient (Wildman–Crippen LogP) is 2.30. The van der Waals surface area contributed by atoms with Crippen molar-refractivity contribution in [3.05, 3.63) is 18.0 Å². The summed E-state index contributed by atoms with van der Waals surface area (Å²) in [5, 5.41) is 15.0. The van der Waals surface area contributed by atoms with Gasteiger partial charge in [0, 0.05) is 38.1 Å².